The molecule has 5 nitrogen and oxygen atoms in total. The maximum absolute atomic E-state index is 4.57. The summed E-state index contributed by atoms with van der Waals surface area (Å²) in [7, 11) is 0. The number of nitrogens with zero attached hydrogens (tertiary/aromatic N) is 5. The first-order valence-electron chi connectivity index (χ1n) is 6.91. The largest absolute Gasteiger partial charge is 0.307 e. The molecule has 0 aliphatic heterocycles. The first-order chi connectivity index (χ1) is 10.9. The molecule has 4 rings (SSSR count). The highest BCUT2D eigenvalue weighted by molar-refractivity contribution is 7.98. The average molecular weight is 307 g/mol. The number of aromatic nitrogens is 5. The van der Waals surface area contributed by atoms with E-state index in [9.17, 15) is 0 Å². The van der Waals surface area contributed by atoms with E-state index in [0.29, 0.717) is 0 Å². The van der Waals surface area contributed by atoms with Crippen LogP contribution in [-0.2, 0) is 5.75 Å². The lowest BCUT2D eigenvalue weighted by Gasteiger charge is -1.97. The fourth-order valence-corrected chi connectivity index (χ4v) is 2.90. The molecule has 22 heavy (non-hydrogen) atoms. The molecule has 0 aliphatic rings. The van der Waals surface area contributed by atoms with Crippen LogP contribution in [0, 0.1) is 0 Å². The lowest BCUT2D eigenvalue weighted by atomic mass is 10.3. The zero-order chi connectivity index (χ0) is 14.8. The third kappa shape index (κ3) is 2.60. The molecule has 6 heteroatoms. The number of rotatable bonds is 4. The van der Waals surface area contributed by atoms with Gasteiger partial charge in [0.1, 0.15) is 12.0 Å². The molecule has 0 spiro atoms. The highest BCUT2D eigenvalue weighted by Gasteiger charge is 2.06. The standard InChI is InChI=1S/C16H13N5S/c1-2-6-14(7-3-1)21-12-17-16(19-21)22-11-13-10-20-9-5-4-8-15(20)18-13/h1-10,12H,11H2. The van der Waals surface area contributed by atoms with Gasteiger partial charge >= 0.3 is 0 Å². The number of benzene rings is 1. The van der Waals surface area contributed by atoms with Gasteiger partial charge in [0.2, 0.25) is 5.16 Å². The Morgan fingerprint density at radius 1 is 1.00 bits per heavy atom. The van der Waals surface area contributed by atoms with E-state index in [2.05, 4.69) is 15.1 Å². The Labute approximate surface area is 131 Å². The SMILES string of the molecule is c1ccc(-n2cnc(SCc3cn4ccccc4n3)n2)cc1. The van der Waals surface area contributed by atoms with Gasteiger partial charge in [-0.15, -0.1) is 5.10 Å². The number of imidazole rings is 1. The number of pyridine rings is 1. The summed E-state index contributed by atoms with van der Waals surface area (Å²) in [6, 6.07) is 15.9. The normalized spacial score (nSPS) is 11.1. The van der Waals surface area contributed by atoms with Gasteiger partial charge in [0.25, 0.3) is 0 Å². The third-order valence-electron chi connectivity index (χ3n) is 3.25. The second kappa shape index (κ2) is 5.65. The fraction of sp³-hybridized carbons (Fsp3) is 0.0625. The zero-order valence-corrected chi connectivity index (χ0v) is 12.5. The lowest BCUT2D eigenvalue weighted by Crippen LogP contribution is -1.93. The predicted molar refractivity (Wildman–Crippen MR) is 86.1 cm³/mol. The van der Waals surface area contributed by atoms with Crippen LogP contribution in [0.5, 0.6) is 0 Å². The minimum absolute atomic E-state index is 0.750. The van der Waals surface area contributed by atoms with Crippen LogP contribution in [0.25, 0.3) is 11.3 Å². The topological polar surface area (TPSA) is 48.0 Å². The summed E-state index contributed by atoms with van der Waals surface area (Å²) in [6.07, 6.45) is 5.77. The highest BCUT2D eigenvalue weighted by atomic mass is 32.2. The second-order valence-electron chi connectivity index (χ2n) is 4.79. The molecule has 3 heterocycles. The molecule has 108 valence electrons. The van der Waals surface area contributed by atoms with E-state index in [1.54, 1.807) is 22.8 Å². The van der Waals surface area contributed by atoms with Crippen LogP contribution in [0.4, 0.5) is 0 Å². The van der Waals surface area contributed by atoms with Gasteiger partial charge < -0.3 is 4.40 Å². The van der Waals surface area contributed by atoms with Crippen molar-refractivity contribution >= 4 is 17.4 Å². The summed E-state index contributed by atoms with van der Waals surface area (Å²) in [4.78, 5) is 8.91. The highest BCUT2D eigenvalue weighted by Crippen LogP contribution is 2.19. The molecule has 0 radical (unpaired) electrons. The van der Waals surface area contributed by atoms with Gasteiger partial charge in [-0.1, -0.05) is 36.0 Å². The van der Waals surface area contributed by atoms with Crippen LogP contribution in [0.3, 0.4) is 0 Å². The minimum Gasteiger partial charge on any atom is -0.307 e. The summed E-state index contributed by atoms with van der Waals surface area (Å²) in [5, 5.41) is 5.23. The molecule has 0 fully saturated rings. The van der Waals surface area contributed by atoms with Crippen molar-refractivity contribution in [2.24, 2.45) is 0 Å². The molecule has 0 unspecified atom stereocenters. The van der Waals surface area contributed by atoms with Gasteiger partial charge in [-0.05, 0) is 24.3 Å². The summed E-state index contributed by atoms with van der Waals surface area (Å²) < 4.78 is 3.80. The first kappa shape index (κ1) is 13.1. The smallest absolute Gasteiger partial charge is 0.209 e. The minimum atomic E-state index is 0.750. The summed E-state index contributed by atoms with van der Waals surface area (Å²) >= 11 is 1.59. The second-order valence-corrected chi connectivity index (χ2v) is 5.74. The Hall–Kier alpha value is -2.60. The van der Waals surface area contributed by atoms with E-state index in [4.69, 9.17) is 0 Å². The van der Waals surface area contributed by atoms with Crippen LogP contribution in [0.1, 0.15) is 5.69 Å². The molecule has 0 saturated carbocycles. The van der Waals surface area contributed by atoms with Crippen molar-refractivity contribution < 1.29 is 0 Å². The molecule has 1 aromatic carbocycles. The van der Waals surface area contributed by atoms with E-state index in [1.807, 2.05) is 65.3 Å². The maximum Gasteiger partial charge on any atom is 0.209 e. The number of thioether (sulfide) groups is 1. The summed E-state index contributed by atoms with van der Waals surface area (Å²) in [5.41, 5.74) is 2.99. The molecular formula is C16H13N5S. The Morgan fingerprint density at radius 2 is 1.86 bits per heavy atom. The monoisotopic (exact) mass is 307 g/mol. The Morgan fingerprint density at radius 3 is 2.73 bits per heavy atom. The molecular weight excluding hydrogens is 294 g/mol. The number of hydrogen-bond donors (Lipinski definition) is 0. The van der Waals surface area contributed by atoms with E-state index in [1.165, 1.54) is 0 Å². The molecule has 0 bridgehead atoms. The molecule has 3 aromatic heterocycles. The Balaban J connectivity index is 1.49. The van der Waals surface area contributed by atoms with Crippen molar-refractivity contribution in [1.82, 2.24) is 24.1 Å². The van der Waals surface area contributed by atoms with E-state index in [0.717, 1.165) is 27.9 Å². The number of fused-ring (bicyclic) bond motifs is 1. The van der Waals surface area contributed by atoms with Crippen LogP contribution >= 0.6 is 11.8 Å². The molecule has 0 amide bonds. The zero-order valence-electron chi connectivity index (χ0n) is 11.7. The number of para-hydroxylation sites is 1. The van der Waals surface area contributed by atoms with E-state index < -0.39 is 0 Å². The molecule has 4 aromatic rings. The van der Waals surface area contributed by atoms with E-state index >= 15 is 0 Å². The fourth-order valence-electron chi connectivity index (χ4n) is 2.21. The summed E-state index contributed by atoms with van der Waals surface area (Å²) in [6.45, 7) is 0. The molecule has 0 aliphatic carbocycles. The Kier molecular flexibility index (Phi) is 3.36. The van der Waals surface area contributed by atoms with Gasteiger partial charge in [0, 0.05) is 18.1 Å². The lowest BCUT2D eigenvalue weighted by molar-refractivity contribution is 0.834. The molecule has 0 N–H and O–H groups in total. The first-order valence-corrected chi connectivity index (χ1v) is 7.89. The third-order valence-corrected chi connectivity index (χ3v) is 4.14. The van der Waals surface area contributed by atoms with Gasteiger partial charge in [0.15, 0.2) is 0 Å². The van der Waals surface area contributed by atoms with Crippen molar-refractivity contribution in [3.63, 3.8) is 0 Å². The molecule has 0 atom stereocenters. The Bertz CT molecular complexity index is 864. The van der Waals surface area contributed by atoms with Crippen LogP contribution in [-0.4, -0.2) is 24.1 Å². The average Bonchev–Trinajstić information content (AvgIpc) is 3.20. The van der Waals surface area contributed by atoms with Crippen molar-refractivity contribution in [3.8, 4) is 5.69 Å². The van der Waals surface area contributed by atoms with Gasteiger partial charge in [0.05, 0.1) is 11.4 Å². The number of hydrogen-bond acceptors (Lipinski definition) is 4. The quantitative estimate of drug-likeness (QED) is 0.543. The van der Waals surface area contributed by atoms with Crippen molar-refractivity contribution in [3.05, 3.63) is 72.9 Å². The van der Waals surface area contributed by atoms with Gasteiger partial charge in [-0.25, -0.2) is 14.6 Å². The van der Waals surface area contributed by atoms with E-state index in [-0.39, 0.29) is 0 Å². The van der Waals surface area contributed by atoms with Crippen molar-refractivity contribution in [2.45, 2.75) is 10.9 Å². The van der Waals surface area contributed by atoms with Gasteiger partial charge in [-0.2, -0.15) is 0 Å². The predicted octanol–water partition coefficient (Wildman–Crippen LogP) is 3.21. The summed E-state index contributed by atoms with van der Waals surface area (Å²) in [5.74, 6) is 0.750. The van der Waals surface area contributed by atoms with Crippen molar-refractivity contribution in [2.75, 3.05) is 0 Å². The van der Waals surface area contributed by atoms with Crippen LogP contribution in [0.2, 0.25) is 0 Å². The maximum atomic E-state index is 4.57. The van der Waals surface area contributed by atoms with Crippen molar-refractivity contribution in [1.29, 1.82) is 0 Å². The van der Waals surface area contributed by atoms with Gasteiger partial charge in [-0.3, -0.25) is 0 Å². The molecule has 0 saturated heterocycles. The van der Waals surface area contributed by atoms with Crippen LogP contribution in [0.15, 0.2) is 72.4 Å². The van der Waals surface area contributed by atoms with Crippen LogP contribution < -0.4 is 0 Å².